The molecule has 3 aromatic rings. The van der Waals surface area contributed by atoms with E-state index in [2.05, 4.69) is 23.6 Å². The zero-order valence-corrected chi connectivity index (χ0v) is 24.4. The lowest BCUT2D eigenvalue weighted by Gasteiger charge is -2.25. The molecule has 1 heterocycles. The number of aryl methyl sites for hydroxylation is 1. The molecule has 0 aliphatic carbocycles. The SMILES string of the molecule is CCCN(CCC)C(=O)c1cc(C(=O)N[C@@H](Cc2cc(F)cc(F)c2)[C@@H](O)CNCc2cccc(CC)c2)c[n+]([O-])c1. The molecule has 3 rings (SSSR count). The van der Waals surface area contributed by atoms with Crippen LogP contribution in [0.5, 0.6) is 0 Å². The third-order valence-electron chi connectivity index (χ3n) is 6.87. The van der Waals surface area contributed by atoms with Crippen molar-refractivity contribution in [3.05, 3.63) is 106 Å². The maximum Gasteiger partial charge on any atom is 0.259 e. The first kappa shape index (κ1) is 32.6. The van der Waals surface area contributed by atoms with Crippen molar-refractivity contribution in [3.63, 3.8) is 0 Å². The van der Waals surface area contributed by atoms with Crippen LogP contribution in [0.2, 0.25) is 0 Å². The molecule has 0 aliphatic rings. The topological polar surface area (TPSA) is 109 Å². The minimum absolute atomic E-state index is 0.0693. The van der Waals surface area contributed by atoms with Crippen LogP contribution in [0.25, 0.3) is 0 Å². The zero-order chi connectivity index (χ0) is 30.6. The molecule has 0 unspecified atom stereocenters. The summed E-state index contributed by atoms with van der Waals surface area (Å²) in [6.07, 6.45) is 3.30. The molecule has 2 atom stereocenters. The van der Waals surface area contributed by atoms with E-state index in [0.29, 0.717) is 24.4 Å². The number of rotatable bonds is 15. The van der Waals surface area contributed by atoms with Crippen molar-refractivity contribution in [1.29, 1.82) is 0 Å². The van der Waals surface area contributed by atoms with Crippen molar-refractivity contribution in [2.75, 3.05) is 19.6 Å². The van der Waals surface area contributed by atoms with E-state index in [1.165, 1.54) is 11.6 Å². The molecule has 2 amide bonds. The highest BCUT2D eigenvalue weighted by atomic mass is 19.1. The van der Waals surface area contributed by atoms with Crippen LogP contribution in [-0.2, 0) is 19.4 Å². The van der Waals surface area contributed by atoms with Crippen molar-refractivity contribution in [2.45, 2.75) is 65.1 Å². The van der Waals surface area contributed by atoms with E-state index in [-0.39, 0.29) is 35.6 Å². The Bertz CT molecular complexity index is 1330. The summed E-state index contributed by atoms with van der Waals surface area (Å²) in [4.78, 5) is 28.0. The quantitative estimate of drug-likeness (QED) is 0.186. The van der Waals surface area contributed by atoms with Crippen LogP contribution in [-0.4, -0.2) is 53.6 Å². The van der Waals surface area contributed by atoms with Crippen molar-refractivity contribution in [2.24, 2.45) is 0 Å². The molecule has 0 bridgehead atoms. The highest BCUT2D eigenvalue weighted by molar-refractivity contribution is 5.99. The minimum atomic E-state index is -1.15. The number of carbonyl (C=O) groups is 2. The van der Waals surface area contributed by atoms with Gasteiger partial charge in [-0.1, -0.05) is 45.0 Å². The lowest BCUT2D eigenvalue weighted by atomic mass is 10.00. The van der Waals surface area contributed by atoms with E-state index < -0.39 is 29.7 Å². The smallest absolute Gasteiger partial charge is 0.259 e. The number of aliphatic hydroxyl groups is 1. The summed E-state index contributed by atoms with van der Waals surface area (Å²) >= 11 is 0. The molecule has 0 spiro atoms. The standard InChI is InChI=1S/C32H40F2N4O4/c1-4-10-37(11-5-2)32(41)26-16-25(20-38(42)21-26)31(40)36-29(15-24-13-27(33)17-28(34)14-24)30(39)19-35-18-23-9-7-8-22(6-3)12-23/h7-9,12-14,16-17,20-21,29-30,35,39H,4-6,10-11,15,18-19H2,1-3H3,(H,36,40)/t29-,30-/m0/s1. The van der Waals surface area contributed by atoms with Crippen LogP contribution >= 0.6 is 0 Å². The number of aliphatic hydroxyl groups excluding tert-OH is 1. The predicted octanol–water partition coefficient (Wildman–Crippen LogP) is 3.91. The number of aromatic nitrogens is 1. The zero-order valence-electron chi connectivity index (χ0n) is 24.4. The average Bonchev–Trinajstić information content (AvgIpc) is 2.95. The second kappa shape index (κ2) is 15.9. The summed E-state index contributed by atoms with van der Waals surface area (Å²) in [5, 5.41) is 29.3. The van der Waals surface area contributed by atoms with E-state index in [4.69, 9.17) is 0 Å². The predicted molar refractivity (Wildman–Crippen MR) is 157 cm³/mol. The van der Waals surface area contributed by atoms with Crippen molar-refractivity contribution in [1.82, 2.24) is 15.5 Å². The summed E-state index contributed by atoms with van der Waals surface area (Å²) in [6, 6.07) is 11.4. The molecular formula is C32H40F2N4O4. The van der Waals surface area contributed by atoms with Gasteiger partial charge in [-0.3, -0.25) is 9.59 Å². The second-order valence-corrected chi connectivity index (χ2v) is 10.4. The maximum absolute atomic E-state index is 13.9. The number of carbonyl (C=O) groups excluding carboxylic acids is 2. The molecule has 10 heteroatoms. The van der Waals surface area contributed by atoms with Gasteiger partial charge in [0, 0.05) is 32.2 Å². The van der Waals surface area contributed by atoms with Crippen LogP contribution in [0.15, 0.2) is 60.9 Å². The average molecular weight is 583 g/mol. The highest BCUT2D eigenvalue weighted by Crippen LogP contribution is 2.14. The van der Waals surface area contributed by atoms with Gasteiger partial charge in [-0.25, -0.2) is 8.78 Å². The van der Waals surface area contributed by atoms with Crippen molar-refractivity contribution >= 4 is 11.8 Å². The number of nitrogens with zero attached hydrogens (tertiary/aromatic N) is 2. The number of amides is 2. The van der Waals surface area contributed by atoms with Crippen molar-refractivity contribution in [3.8, 4) is 0 Å². The lowest BCUT2D eigenvalue weighted by molar-refractivity contribution is -0.605. The summed E-state index contributed by atoms with van der Waals surface area (Å²) in [5.74, 6) is -2.62. The molecule has 2 aromatic carbocycles. The fraction of sp³-hybridized carbons (Fsp3) is 0.406. The number of nitrogens with one attached hydrogen (secondary N) is 2. The summed E-state index contributed by atoms with van der Waals surface area (Å²) in [5.41, 5.74) is 2.44. The molecule has 0 radical (unpaired) electrons. The van der Waals surface area contributed by atoms with E-state index in [0.717, 1.165) is 55.4 Å². The third kappa shape index (κ3) is 9.60. The van der Waals surface area contributed by atoms with Gasteiger partial charge in [0.1, 0.15) is 22.8 Å². The molecule has 8 nitrogen and oxygen atoms in total. The molecule has 226 valence electrons. The van der Waals surface area contributed by atoms with Gasteiger partial charge in [-0.15, -0.1) is 0 Å². The first-order valence-corrected chi connectivity index (χ1v) is 14.4. The largest absolute Gasteiger partial charge is 0.619 e. The molecule has 0 saturated heterocycles. The molecule has 3 N–H and O–H groups in total. The first-order valence-electron chi connectivity index (χ1n) is 14.4. The Morgan fingerprint density at radius 3 is 2.21 bits per heavy atom. The Labute approximate surface area is 246 Å². The number of hydrogen-bond donors (Lipinski definition) is 3. The molecule has 0 aliphatic heterocycles. The van der Waals surface area contributed by atoms with Gasteiger partial charge in [0.25, 0.3) is 11.8 Å². The van der Waals surface area contributed by atoms with Crippen LogP contribution in [0.3, 0.4) is 0 Å². The van der Waals surface area contributed by atoms with Gasteiger partial charge in [0.05, 0.1) is 12.1 Å². The van der Waals surface area contributed by atoms with E-state index in [1.807, 2.05) is 32.0 Å². The highest BCUT2D eigenvalue weighted by Gasteiger charge is 2.26. The van der Waals surface area contributed by atoms with Gasteiger partial charge >= 0.3 is 0 Å². The van der Waals surface area contributed by atoms with Gasteiger partial charge in [-0.2, -0.15) is 4.73 Å². The van der Waals surface area contributed by atoms with Crippen LogP contribution in [0.4, 0.5) is 8.78 Å². The molecular weight excluding hydrogens is 542 g/mol. The summed E-state index contributed by atoms with van der Waals surface area (Å²) < 4.78 is 28.2. The molecule has 0 saturated carbocycles. The van der Waals surface area contributed by atoms with E-state index in [9.17, 15) is 28.7 Å². The number of hydrogen-bond acceptors (Lipinski definition) is 5. The van der Waals surface area contributed by atoms with E-state index >= 15 is 0 Å². The Morgan fingerprint density at radius 1 is 0.929 bits per heavy atom. The Balaban J connectivity index is 1.80. The number of pyridine rings is 1. The number of benzene rings is 2. The van der Waals surface area contributed by atoms with Crippen LogP contribution < -0.4 is 15.4 Å². The van der Waals surface area contributed by atoms with Gasteiger partial charge in [0.2, 0.25) is 0 Å². The normalized spacial score (nSPS) is 12.5. The molecule has 0 fully saturated rings. The fourth-order valence-electron chi connectivity index (χ4n) is 4.82. The van der Waals surface area contributed by atoms with Gasteiger partial charge in [0.15, 0.2) is 12.4 Å². The Morgan fingerprint density at radius 2 is 1.57 bits per heavy atom. The number of halogens is 2. The monoisotopic (exact) mass is 582 g/mol. The van der Waals surface area contributed by atoms with Crippen molar-refractivity contribution < 1.29 is 28.2 Å². The maximum atomic E-state index is 13.9. The second-order valence-electron chi connectivity index (χ2n) is 10.4. The van der Waals surface area contributed by atoms with Crippen LogP contribution in [0, 0.1) is 16.8 Å². The minimum Gasteiger partial charge on any atom is -0.619 e. The first-order chi connectivity index (χ1) is 20.1. The molecule has 42 heavy (non-hydrogen) atoms. The summed E-state index contributed by atoms with van der Waals surface area (Å²) in [6.45, 7) is 7.51. The third-order valence-corrected chi connectivity index (χ3v) is 6.87. The fourth-order valence-corrected chi connectivity index (χ4v) is 4.82. The van der Waals surface area contributed by atoms with Gasteiger partial charge < -0.3 is 25.8 Å². The molecule has 1 aromatic heterocycles. The lowest BCUT2D eigenvalue weighted by Crippen LogP contribution is -2.49. The van der Waals surface area contributed by atoms with Crippen LogP contribution in [0.1, 0.15) is 71.0 Å². The summed E-state index contributed by atoms with van der Waals surface area (Å²) in [7, 11) is 0. The Kier molecular flexibility index (Phi) is 12.4. The van der Waals surface area contributed by atoms with Gasteiger partial charge in [-0.05, 0) is 60.6 Å². The van der Waals surface area contributed by atoms with E-state index in [1.54, 1.807) is 4.90 Å². The Hall–Kier alpha value is -3.89.